The number of likely N-dealkylation sites (tertiary alicyclic amines) is 1. The number of rotatable bonds is 3. The SMILES string of the molecule is CC(C)C1CC(C(=O)N2CCC(C3Nc4ccccc4S(=O)(=O)N3)CC2)NN1. The zero-order valence-corrected chi connectivity index (χ0v) is 17.1. The molecule has 0 aliphatic carbocycles. The number of para-hydroxylation sites is 1. The Kier molecular flexibility index (Phi) is 5.34. The van der Waals surface area contributed by atoms with Crippen molar-refractivity contribution in [2.45, 2.75) is 56.3 Å². The van der Waals surface area contributed by atoms with Gasteiger partial charge in [0.2, 0.25) is 15.9 Å². The molecule has 1 aromatic carbocycles. The van der Waals surface area contributed by atoms with E-state index in [0.717, 1.165) is 19.3 Å². The quantitative estimate of drug-likeness (QED) is 0.592. The van der Waals surface area contributed by atoms with E-state index in [0.29, 0.717) is 35.6 Å². The molecule has 4 N–H and O–H groups in total. The molecule has 154 valence electrons. The van der Waals surface area contributed by atoms with Gasteiger partial charge in [0.05, 0.1) is 11.9 Å². The number of nitrogens with one attached hydrogen (secondary N) is 4. The van der Waals surface area contributed by atoms with Crippen molar-refractivity contribution in [3.8, 4) is 0 Å². The third-order valence-electron chi connectivity index (χ3n) is 6.13. The fourth-order valence-corrected chi connectivity index (χ4v) is 5.70. The number of hydrogen-bond donors (Lipinski definition) is 4. The van der Waals surface area contributed by atoms with Crippen LogP contribution in [0.2, 0.25) is 0 Å². The van der Waals surface area contributed by atoms with E-state index in [4.69, 9.17) is 0 Å². The summed E-state index contributed by atoms with van der Waals surface area (Å²) in [6.45, 7) is 5.59. The number of carbonyl (C=O) groups excluding carboxylic acids is 1. The number of fused-ring (bicyclic) bond motifs is 1. The summed E-state index contributed by atoms with van der Waals surface area (Å²) in [6, 6.07) is 7.09. The highest BCUT2D eigenvalue weighted by atomic mass is 32.2. The van der Waals surface area contributed by atoms with Crippen molar-refractivity contribution in [3.05, 3.63) is 24.3 Å². The summed E-state index contributed by atoms with van der Waals surface area (Å²) in [5.41, 5.74) is 7.00. The molecule has 0 saturated carbocycles. The summed E-state index contributed by atoms with van der Waals surface area (Å²) >= 11 is 0. The maximum Gasteiger partial charge on any atom is 0.244 e. The number of amides is 1. The largest absolute Gasteiger partial charge is 0.368 e. The minimum absolute atomic E-state index is 0.136. The van der Waals surface area contributed by atoms with Crippen LogP contribution < -0.4 is 20.9 Å². The highest BCUT2D eigenvalue weighted by Crippen LogP contribution is 2.31. The Labute approximate surface area is 166 Å². The fraction of sp³-hybridized carbons (Fsp3) is 0.632. The first-order valence-corrected chi connectivity index (χ1v) is 11.5. The van der Waals surface area contributed by atoms with Crippen LogP contribution in [0.15, 0.2) is 29.2 Å². The Bertz CT molecular complexity index is 836. The van der Waals surface area contributed by atoms with Crippen LogP contribution >= 0.6 is 0 Å². The van der Waals surface area contributed by atoms with Crippen LogP contribution in [-0.2, 0) is 14.8 Å². The molecule has 8 nitrogen and oxygen atoms in total. The van der Waals surface area contributed by atoms with Crippen LogP contribution in [0.4, 0.5) is 5.69 Å². The number of anilines is 1. The van der Waals surface area contributed by atoms with Gasteiger partial charge in [-0.3, -0.25) is 10.2 Å². The lowest BCUT2D eigenvalue weighted by molar-refractivity contribution is -0.134. The minimum Gasteiger partial charge on any atom is -0.368 e. The Morgan fingerprint density at radius 1 is 1.14 bits per heavy atom. The van der Waals surface area contributed by atoms with E-state index in [2.05, 4.69) is 34.7 Å². The van der Waals surface area contributed by atoms with E-state index in [1.54, 1.807) is 18.2 Å². The predicted molar refractivity (Wildman–Crippen MR) is 107 cm³/mol. The Morgan fingerprint density at radius 3 is 2.54 bits per heavy atom. The molecule has 1 aromatic rings. The number of hydrogen-bond acceptors (Lipinski definition) is 6. The highest BCUT2D eigenvalue weighted by Gasteiger charge is 2.38. The van der Waals surface area contributed by atoms with Crippen molar-refractivity contribution in [2.24, 2.45) is 11.8 Å². The van der Waals surface area contributed by atoms with Gasteiger partial charge in [-0.1, -0.05) is 26.0 Å². The van der Waals surface area contributed by atoms with E-state index in [1.165, 1.54) is 0 Å². The number of piperidine rings is 1. The number of sulfonamides is 1. The van der Waals surface area contributed by atoms with Gasteiger partial charge in [-0.2, -0.15) is 4.72 Å². The Hall–Kier alpha value is -1.68. The summed E-state index contributed by atoms with van der Waals surface area (Å²) in [6.07, 6.45) is 2.00. The molecular formula is C19H29N5O3S. The molecule has 0 spiro atoms. The maximum atomic E-state index is 12.8. The lowest BCUT2D eigenvalue weighted by Crippen LogP contribution is -2.54. The second kappa shape index (κ2) is 7.62. The van der Waals surface area contributed by atoms with Gasteiger partial charge in [0.15, 0.2) is 0 Å². The summed E-state index contributed by atoms with van der Waals surface area (Å²) in [5, 5.41) is 3.32. The number of carbonyl (C=O) groups is 1. The van der Waals surface area contributed by atoms with Crippen LogP contribution in [0, 0.1) is 11.8 Å². The van der Waals surface area contributed by atoms with Crippen LogP contribution in [-0.4, -0.2) is 50.6 Å². The molecule has 0 aromatic heterocycles. The molecule has 3 unspecified atom stereocenters. The van der Waals surface area contributed by atoms with Gasteiger partial charge in [0.1, 0.15) is 10.9 Å². The second-order valence-corrected chi connectivity index (χ2v) is 10.0. The van der Waals surface area contributed by atoms with Crippen LogP contribution in [0.5, 0.6) is 0 Å². The van der Waals surface area contributed by atoms with Gasteiger partial charge >= 0.3 is 0 Å². The molecule has 2 saturated heterocycles. The number of benzene rings is 1. The first-order chi connectivity index (χ1) is 13.3. The van der Waals surface area contributed by atoms with Crippen molar-refractivity contribution in [3.63, 3.8) is 0 Å². The molecule has 4 rings (SSSR count). The average Bonchev–Trinajstić information content (AvgIpc) is 3.18. The van der Waals surface area contributed by atoms with Crippen molar-refractivity contribution in [1.29, 1.82) is 0 Å². The van der Waals surface area contributed by atoms with Gasteiger partial charge < -0.3 is 10.2 Å². The number of nitrogens with zero attached hydrogens (tertiary/aromatic N) is 1. The third-order valence-corrected chi connectivity index (χ3v) is 7.63. The number of hydrazine groups is 1. The van der Waals surface area contributed by atoms with E-state index in [-0.39, 0.29) is 24.0 Å². The van der Waals surface area contributed by atoms with Gasteiger partial charge in [-0.05, 0) is 43.2 Å². The maximum absolute atomic E-state index is 12.8. The van der Waals surface area contributed by atoms with Crippen LogP contribution in [0.1, 0.15) is 33.1 Å². The molecule has 28 heavy (non-hydrogen) atoms. The van der Waals surface area contributed by atoms with E-state index in [1.807, 2.05) is 11.0 Å². The monoisotopic (exact) mass is 407 g/mol. The Balaban J connectivity index is 1.36. The lowest BCUT2D eigenvalue weighted by atomic mass is 9.92. The van der Waals surface area contributed by atoms with Crippen molar-refractivity contribution >= 4 is 21.6 Å². The third kappa shape index (κ3) is 3.76. The van der Waals surface area contributed by atoms with Crippen LogP contribution in [0.25, 0.3) is 0 Å². The molecule has 0 bridgehead atoms. The van der Waals surface area contributed by atoms with E-state index < -0.39 is 10.0 Å². The summed E-state index contributed by atoms with van der Waals surface area (Å²) in [7, 11) is -3.51. The highest BCUT2D eigenvalue weighted by molar-refractivity contribution is 7.89. The zero-order valence-electron chi connectivity index (χ0n) is 16.3. The van der Waals surface area contributed by atoms with E-state index >= 15 is 0 Å². The minimum atomic E-state index is -3.51. The molecule has 2 fully saturated rings. The summed E-state index contributed by atoms with van der Waals surface area (Å²) in [4.78, 5) is 15.0. The van der Waals surface area contributed by atoms with Gasteiger partial charge in [-0.15, -0.1) is 0 Å². The van der Waals surface area contributed by atoms with E-state index in [9.17, 15) is 13.2 Å². The Morgan fingerprint density at radius 2 is 1.86 bits per heavy atom. The first-order valence-electron chi connectivity index (χ1n) is 10.0. The normalized spacial score (nSPS) is 30.1. The molecule has 0 radical (unpaired) electrons. The zero-order chi connectivity index (χ0) is 19.9. The molecule has 9 heteroatoms. The smallest absolute Gasteiger partial charge is 0.244 e. The molecular weight excluding hydrogens is 378 g/mol. The topological polar surface area (TPSA) is 103 Å². The van der Waals surface area contributed by atoms with Crippen molar-refractivity contribution in [1.82, 2.24) is 20.5 Å². The molecule has 3 aliphatic heterocycles. The van der Waals surface area contributed by atoms with Gasteiger partial charge in [0, 0.05) is 19.1 Å². The second-order valence-electron chi connectivity index (χ2n) is 8.33. The van der Waals surface area contributed by atoms with Crippen LogP contribution in [0.3, 0.4) is 0 Å². The summed E-state index contributed by atoms with van der Waals surface area (Å²) in [5.74, 6) is 0.756. The van der Waals surface area contributed by atoms with Crippen molar-refractivity contribution in [2.75, 3.05) is 18.4 Å². The molecule has 3 heterocycles. The molecule has 1 amide bonds. The standard InChI is InChI=1S/C19H29N5O3S/c1-12(2)15-11-16(22-21-15)19(25)24-9-7-13(8-10-24)18-20-14-5-3-4-6-17(14)28(26,27)23-18/h3-6,12-13,15-16,18,20-23H,7-11H2,1-2H3. The lowest BCUT2D eigenvalue weighted by Gasteiger charge is -2.39. The average molecular weight is 408 g/mol. The predicted octanol–water partition coefficient (Wildman–Crippen LogP) is 0.846. The fourth-order valence-electron chi connectivity index (χ4n) is 4.32. The molecule has 3 aliphatic rings. The van der Waals surface area contributed by atoms with Crippen molar-refractivity contribution < 1.29 is 13.2 Å². The van der Waals surface area contributed by atoms with Gasteiger partial charge in [-0.25, -0.2) is 13.8 Å². The molecule has 3 atom stereocenters. The van der Waals surface area contributed by atoms with Gasteiger partial charge in [0.25, 0.3) is 0 Å². The summed E-state index contributed by atoms with van der Waals surface area (Å²) < 4.78 is 27.8. The first kappa shape index (κ1) is 19.6.